The van der Waals surface area contributed by atoms with E-state index in [4.69, 9.17) is 4.74 Å². The third-order valence-electron chi connectivity index (χ3n) is 4.60. The van der Waals surface area contributed by atoms with E-state index in [0.717, 1.165) is 16.9 Å². The molecule has 0 saturated carbocycles. The van der Waals surface area contributed by atoms with Gasteiger partial charge in [-0.3, -0.25) is 9.59 Å². The Bertz CT molecular complexity index is 759. The molecule has 0 aromatic heterocycles. The summed E-state index contributed by atoms with van der Waals surface area (Å²) in [6.07, 6.45) is 0.588. The van der Waals surface area contributed by atoms with Gasteiger partial charge in [0.2, 0.25) is 5.91 Å². The molecule has 3 unspecified atom stereocenters. The Labute approximate surface area is 146 Å². The second-order valence-electron chi connectivity index (χ2n) is 6.34. The van der Waals surface area contributed by atoms with Gasteiger partial charge >= 0.3 is 5.97 Å². The van der Waals surface area contributed by atoms with E-state index in [2.05, 4.69) is 5.32 Å². The average Bonchev–Trinajstić information content (AvgIpc) is 2.65. The summed E-state index contributed by atoms with van der Waals surface area (Å²) in [6, 6.07) is 16.3. The van der Waals surface area contributed by atoms with Crippen LogP contribution >= 0.6 is 0 Å². The van der Waals surface area contributed by atoms with E-state index in [1.807, 2.05) is 54.6 Å². The van der Waals surface area contributed by atoms with E-state index < -0.39 is 17.9 Å². The Hall–Kier alpha value is -2.82. The molecule has 1 heterocycles. The summed E-state index contributed by atoms with van der Waals surface area (Å²) in [7, 11) is 0. The van der Waals surface area contributed by atoms with Crippen LogP contribution in [-0.4, -0.2) is 23.6 Å². The normalized spacial score (nSPS) is 18.4. The van der Waals surface area contributed by atoms with E-state index >= 15 is 0 Å². The molecule has 5 heteroatoms. The topological polar surface area (TPSA) is 75.6 Å². The van der Waals surface area contributed by atoms with Crippen LogP contribution in [0.5, 0.6) is 5.75 Å². The van der Waals surface area contributed by atoms with Crippen LogP contribution in [0.1, 0.15) is 24.1 Å². The van der Waals surface area contributed by atoms with Crippen LogP contribution in [0.15, 0.2) is 54.6 Å². The monoisotopic (exact) mass is 339 g/mol. The molecule has 0 fully saturated rings. The Morgan fingerprint density at radius 1 is 1.12 bits per heavy atom. The molecule has 0 radical (unpaired) electrons. The van der Waals surface area contributed by atoms with Crippen molar-refractivity contribution in [1.29, 1.82) is 0 Å². The van der Waals surface area contributed by atoms with Crippen LogP contribution in [-0.2, 0) is 16.0 Å². The molecule has 130 valence electrons. The summed E-state index contributed by atoms with van der Waals surface area (Å²) in [5.74, 6) is -1.38. The minimum Gasteiger partial charge on any atom is -0.492 e. The quantitative estimate of drug-likeness (QED) is 0.878. The molecule has 0 spiro atoms. The van der Waals surface area contributed by atoms with Crippen molar-refractivity contribution in [3.63, 3.8) is 0 Å². The van der Waals surface area contributed by atoms with Gasteiger partial charge in [-0.1, -0.05) is 48.5 Å². The Morgan fingerprint density at radius 2 is 1.80 bits per heavy atom. The highest BCUT2D eigenvalue weighted by molar-refractivity contribution is 5.81. The fourth-order valence-corrected chi connectivity index (χ4v) is 3.07. The van der Waals surface area contributed by atoms with Crippen LogP contribution in [0.3, 0.4) is 0 Å². The fraction of sp³-hybridized carbons (Fsp3) is 0.300. The fourth-order valence-electron chi connectivity index (χ4n) is 3.07. The van der Waals surface area contributed by atoms with Crippen molar-refractivity contribution in [2.75, 3.05) is 6.61 Å². The average molecular weight is 339 g/mol. The summed E-state index contributed by atoms with van der Waals surface area (Å²) in [4.78, 5) is 24.2. The number of hydrogen-bond donors (Lipinski definition) is 2. The third kappa shape index (κ3) is 3.82. The lowest BCUT2D eigenvalue weighted by Crippen LogP contribution is -2.42. The van der Waals surface area contributed by atoms with E-state index in [-0.39, 0.29) is 11.8 Å². The lowest BCUT2D eigenvalue weighted by molar-refractivity contribution is -0.142. The summed E-state index contributed by atoms with van der Waals surface area (Å²) >= 11 is 0. The second-order valence-corrected chi connectivity index (χ2v) is 6.34. The maximum absolute atomic E-state index is 12.7. The number of ether oxygens (including phenoxy) is 1. The smallest absolute Gasteiger partial charge is 0.308 e. The van der Waals surface area contributed by atoms with Gasteiger partial charge < -0.3 is 15.2 Å². The van der Waals surface area contributed by atoms with Crippen LogP contribution < -0.4 is 10.1 Å². The zero-order valence-electron chi connectivity index (χ0n) is 14.0. The lowest BCUT2D eigenvalue weighted by atomic mass is 9.92. The molecule has 2 aromatic rings. The SMILES string of the molecule is CC(C(=O)O)C(NC(=O)C1COc2ccccc2C1)c1ccccc1. The van der Waals surface area contributed by atoms with Crippen molar-refractivity contribution in [1.82, 2.24) is 5.32 Å². The predicted molar refractivity (Wildman–Crippen MR) is 93.3 cm³/mol. The number of carboxylic acid groups (broad SMARTS) is 1. The molecule has 0 bridgehead atoms. The number of nitrogens with one attached hydrogen (secondary N) is 1. The minimum absolute atomic E-state index is 0.184. The Morgan fingerprint density at radius 3 is 2.52 bits per heavy atom. The molecule has 1 aliphatic heterocycles. The Balaban J connectivity index is 1.76. The summed E-state index contributed by atoms with van der Waals surface area (Å²) < 4.78 is 5.68. The van der Waals surface area contributed by atoms with Crippen LogP contribution in [0, 0.1) is 11.8 Å². The second kappa shape index (κ2) is 7.38. The first kappa shape index (κ1) is 17.0. The molecular formula is C20H21NO4. The number of benzene rings is 2. The van der Waals surface area contributed by atoms with Gasteiger partial charge in [0.25, 0.3) is 0 Å². The van der Waals surface area contributed by atoms with Crippen molar-refractivity contribution < 1.29 is 19.4 Å². The van der Waals surface area contributed by atoms with Crippen molar-refractivity contribution in [2.45, 2.75) is 19.4 Å². The third-order valence-corrected chi connectivity index (χ3v) is 4.60. The molecule has 0 aliphatic carbocycles. The number of aliphatic carboxylic acids is 1. The van der Waals surface area contributed by atoms with Gasteiger partial charge in [-0.15, -0.1) is 0 Å². The molecule has 1 aliphatic rings. The first-order valence-electron chi connectivity index (χ1n) is 8.35. The van der Waals surface area contributed by atoms with Gasteiger partial charge in [-0.05, 0) is 30.5 Å². The lowest BCUT2D eigenvalue weighted by Gasteiger charge is -2.28. The van der Waals surface area contributed by atoms with Gasteiger partial charge in [-0.25, -0.2) is 0 Å². The first-order chi connectivity index (χ1) is 12.1. The molecule has 25 heavy (non-hydrogen) atoms. The highest BCUT2D eigenvalue weighted by atomic mass is 16.5. The van der Waals surface area contributed by atoms with Gasteiger partial charge in [0, 0.05) is 0 Å². The van der Waals surface area contributed by atoms with E-state index in [1.165, 1.54) is 0 Å². The number of hydrogen-bond acceptors (Lipinski definition) is 3. The first-order valence-corrected chi connectivity index (χ1v) is 8.35. The number of amides is 1. The molecule has 1 amide bonds. The van der Waals surface area contributed by atoms with E-state index in [1.54, 1.807) is 6.92 Å². The molecule has 3 atom stereocenters. The summed E-state index contributed by atoms with van der Waals surface area (Å²) in [6.45, 7) is 1.90. The summed E-state index contributed by atoms with van der Waals surface area (Å²) in [5, 5.41) is 12.3. The van der Waals surface area contributed by atoms with Crippen molar-refractivity contribution in [3.8, 4) is 5.75 Å². The molecular weight excluding hydrogens is 318 g/mol. The van der Waals surface area contributed by atoms with Gasteiger partial charge in [0.15, 0.2) is 0 Å². The van der Waals surface area contributed by atoms with E-state index in [0.29, 0.717) is 13.0 Å². The van der Waals surface area contributed by atoms with Gasteiger partial charge in [0.05, 0.1) is 17.9 Å². The van der Waals surface area contributed by atoms with Crippen molar-refractivity contribution >= 4 is 11.9 Å². The number of para-hydroxylation sites is 1. The zero-order chi connectivity index (χ0) is 17.8. The van der Waals surface area contributed by atoms with Crippen LogP contribution in [0.25, 0.3) is 0 Å². The highest BCUT2D eigenvalue weighted by Gasteiger charge is 2.31. The summed E-state index contributed by atoms with van der Waals surface area (Å²) in [5.41, 5.74) is 1.78. The van der Waals surface area contributed by atoms with Crippen LogP contribution in [0.2, 0.25) is 0 Å². The van der Waals surface area contributed by atoms with E-state index in [9.17, 15) is 14.7 Å². The zero-order valence-corrected chi connectivity index (χ0v) is 14.0. The van der Waals surface area contributed by atoms with Gasteiger partial charge in [0.1, 0.15) is 12.4 Å². The Kier molecular flexibility index (Phi) is 5.03. The number of rotatable bonds is 5. The van der Waals surface area contributed by atoms with Gasteiger partial charge in [-0.2, -0.15) is 0 Å². The molecule has 0 saturated heterocycles. The maximum Gasteiger partial charge on any atom is 0.308 e. The number of carboxylic acids is 1. The van der Waals surface area contributed by atoms with Crippen molar-refractivity contribution in [3.05, 3.63) is 65.7 Å². The molecule has 3 rings (SSSR count). The van der Waals surface area contributed by atoms with Crippen molar-refractivity contribution in [2.24, 2.45) is 11.8 Å². The molecule has 5 nitrogen and oxygen atoms in total. The molecule has 2 N–H and O–H groups in total. The largest absolute Gasteiger partial charge is 0.492 e. The highest BCUT2D eigenvalue weighted by Crippen LogP contribution is 2.28. The standard InChI is InChI=1S/C20H21NO4/c1-13(20(23)24)18(14-7-3-2-4-8-14)21-19(22)16-11-15-9-5-6-10-17(15)25-12-16/h2-10,13,16,18H,11-12H2,1H3,(H,21,22)(H,23,24). The maximum atomic E-state index is 12.7. The number of fused-ring (bicyclic) bond motifs is 1. The predicted octanol–water partition coefficient (Wildman–Crippen LogP) is 2.82. The minimum atomic E-state index is -0.945. The molecule has 2 aromatic carbocycles. The number of carbonyl (C=O) groups excluding carboxylic acids is 1. The number of carbonyl (C=O) groups is 2. The van der Waals surface area contributed by atoms with Crippen LogP contribution in [0.4, 0.5) is 0 Å².